The number of methoxy groups -OCH3 is 2. The summed E-state index contributed by atoms with van der Waals surface area (Å²) in [5.74, 6) is 3.57. The molecule has 0 radical (unpaired) electrons. The Labute approximate surface area is 835 Å². The summed E-state index contributed by atoms with van der Waals surface area (Å²) in [4.78, 5) is 141. The number of hydrogen-bond donors (Lipinski definition) is 16. The summed E-state index contributed by atoms with van der Waals surface area (Å²) >= 11 is 27.2. The number of nitrogen functional groups attached to an aromatic ring is 1. The van der Waals surface area contributed by atoms with E-state index in [4.69, 9.17) is 98.2 Å². The number of aromatic carboxylic acids is 1. The van der Waals surface area contributed by atoms with Crippen molar-refractivity contribution in [3.8, 4) is 46.0 Å². The van der Waals surface area contributed by atoms with Gasteiger partial charge >= 0.3 is 66.7 Å². The summed E-state index contributed by atoms with van der Waals surface area (Å²) in [7, 11) is 2.50. The zero-order chi connectivity index (χ0) is 107. The lowest BCUT2D eigenvalue weighted by atomic mass is 10.2. The normalized spacial score (nSPS) is 10.7. The van der Waals surface area contributed by atoms with Crippen LogP contribution in [0.3, 0.4) is 0 Å². The minimum absolute atomic E-state index is 0.0468. The molecule has 145 heavy (non-hydrogen) atoms. The highest BCUT2D eigenvalue weighted by atomic mass is 35.5. The Kier molecular flexibility index (Phi) is 44.2. The van der Waals surface area contributed by atoms with E-state index in [9.17, 15) is 105 Å². The van der Waals surface area contributed by atoms with Gasteiger partial charge in [-0.25, -0.2) is 55.3 Å². The Morgan fingerprint density at radius 3 is 0.828 bits per heavy atom. The van der Waals surface area contributed by atoms with E-state index in [0.717, 1.165) is 48.5 Å². The highest BCUT2D eigenvalue weighted by Crippen LogP contribution is 2.42. The molecule has 0 unspecified atom stereocenters. The monoisotopic (exact) mass is 2130 g/mol. The number of ether oxygens (including phenoxy) is 6. The van der Waals surface area contributed by atoms with Crippen molar-refractivity contribution in [2.75, 3.05) is 73.1 Å². The highest BCUT2D eigenvalue weighted by molar-refractivity contribution is 6.63. The molecule has 764 valence electrons. The zero-order valence-corrected chi connectivity index (χ0v) is 77.8. The topological polar surface area (TPSA) is 540 Å². The molecule has 0 saturated carbocycles. The van der Waals surface area contributed by atoms with E-state index in [1.54, 1.807) is 54.6 Å². The Hall–Kier alpha value is -16.6. The molecule has 0 spiro atoms. The molecule has 54 heteroatoms. The average Bonchev–Trinajstić information content (AvgIpc) is 0.828. The number of alkyl halides is 12. The fraction of sp³-hybridized carbons (Fsp3) is 0.132. The predicted octanol–water partition coefficient (Wildman–Crippen LogP) is 23.2. The largest absolute Gasteiger partial charge is 0.477 e. The number of amides is 11. The first-order valence-corrected chi connectivity index (χ1v) is 42.3. The van der Waals surface area contributed by atoms with Crippen molar-refractivity contribution in [2.24, 2.45) is 5.90 Å². The maximum Gasteiger partial charge on any atom is 0.417 e. The van der Waals surface area contributed by atoms with Crippen LogP contribution in [0.1, 0.15) is 71.3 Å². The molecule has 4 aromatic heterocycles. The van der Waals surface area contributed by atoms with Crippen molar-refractivity contribution >= 4 is 186 Å². The number of carboxylic acids is 1. The van der Waals surface area contributed by atoms with Gasteiger partial charge < -0.3 is 97.6 Å². The zero-order valence-electron chi connectivity index (χ0n) is 74.0. The van der Waals surface area contributed by atoms with E-state index >= 15 is 0 Å². The molecule has 0 saturated heterocycles. The molecule has 0 atom stereocenters. The summed E-state index contributed by atoms with van der Waals surface area (Å²) in [5.41, 5.74) is 3.75. The molecule has 12 aromatic rings. The lowest BCUT2D eigenvalue weighted by Gasteiger charge is -2.13. The fourth-order valence-corrected chi connectivity index (χ4v) is 11.9. The van der Waals surface area contributed by atoms with Crippen LogP contribution in [0.4, 0.5) is 135 Å². The first-order valence-electron chi connectivity index (χ1n) is 40.4. The number of carbonyl (C=O) groups excluding carboxylic acids is 10. The minimum atomic E-state index is -4.67. The maximum absolute atomic E-state index is 13.0. The maximum atomic E-state index is 13.0. The third-order valence-corrected chi connectivity index (χ3v) is 19.0. The van der Waals surface area contributed by atoms with Crippen LogP contribution in [0, 0.1) is 0 Å². The quantitative estimate of drug-likeness (QED) is 0.00712. The second kappa shape index (κ2) is 55.6. The van der Waals surface area contributed by atoms with Crippen molar-refractivity contribution in [3.05, 3.63) is 291 Å². The SMILES string of the molecule is COC(=O)CCC(=O)Cl.COC(=O)CCC(=O)Nc1cc(Oc2ccc(NC(=O)Nc3ccc(Cl)c(C(F)(F)F)c3)cc2)ccn1.NO.Nc1cc(Oc2ccc(NC(=O)Nc3ccc(Cl)c(C(F)(F)F)c3)cc2)ccn1.O=C(CCC(=O)Nc1cc(Oc2ccc(NC(=O)Nc3ccc(Cl)c(C(F)(F)F)c3)cc2)ccn1)NO.O=C(Nc1ccc(Oc2ccnc(C(=O)O)c2)cc1)Nc1ccc(Cl)c(C(F)(F)F)c1. The summed E-state index contributed by atoms with van der Waals surface area (Å²) in [6, 6.07) is 45.7. The number of rotatable bonds is 28. The van der Waals surface area contributed by atoms with Crippen molar-refractivity contribution < 1.29 is 149 Å². The van der Waals surface area contributed by atoms with Gasteiger partial charge in [0.05, 0.1) is 69.4 Å². The number of hydrogen-bond acceptors (Lipinski definition) is 25. The molecule has 0 aliphatic carbocycles. The van der Waals surface area contributed by atoms with Gasteiger partial charge in [-0.05, 0) is 206 Å². The average molecular weight is 2130 g/mol. The van der Waals surface area contributed by atoms with E-state index in [1.165, 1.54) is 160 Å². The number of pyridine rings is 4. The van der Waals surface area contributed by atoms with Crippen LogP contribution >= 0.6 is 58.0 Å². The van der Waals surface area contributed by atoms with Crippen molar-refractivity contribution in [1.29, 1.82) is 0 Å². The van der Waals surface area contributed by atoms with Crippen LogP contribution in [-0.2, 0) is 62.9 Å². The van der Waals surface area contributed by atoms with Crippen LogP contribution in [0.2, 0.25) is 20.1 Å². The Balaban J connectivity index is 0.000000254. The van der Waals surface area contributed by atoms with Gasteiger partial charge in [0.15, 0.2) is 5.69 Å². The number of nitrogens with two attached hydrogens (primary N) is 2. The second-order valence-electron chi connectivity index (χ2n) is 28.1. The molecular formula is C91H76Cl5F12N17O20. The Morgan fingerprint density at radius 1 is 0.310 bits per heavy atom. The van der Waals surface area contributed by atoms with Gasteiger partial charge in [-0.3, -0.25) is 34.0 Å². The van der Waals surface area contributed by atoms with Crippen LogP contribution in [0.5, 0.6) is 46.0 Å². The van der Waals surface area contributed by atoms with E-state index in [-0.39, 0.29) is 84.4 Å². The molecule has 0 aliphatic heterocycles. The minimum Gasteiger partial charge on any atom is -0.477 e. The van der Waals surface area contributed by atoms with Crippen molar-refractivity contribution in [2.45, 2.75) is 63.2 Å². The molecule has 12 rings (SSSR count). The van der Waals surface area contributed by atoms with E-state index in [1.807, 2.05) is 0 Å². The summed E-state index contributed by atoms with van der Waals surface area (Å²) < 4.78 is 187. The van der Waals surface area contributed by atoms with Gasteiger partial charge in [-0.15, -0.1) is 0 Å². The summed E-state index contributed by atoms with van der Waals surface area (Å²) in [6.07, 6.45) is -13.4. The Morgan fingerprint density at radius 2 is 0.559 bits per heavy atom. The number of hydroxylamine groups is 1. The van der Waals surface area contributed by atoms with E-state index in [0.29, 0.717) is 68.8 Å². The molecule has 4 heterocycles. The third-order valence-electron chi connectivity index (χ3n) is 17.5. The van der Waals surface area contributed by atoms with Gasteiger partial charge in [0.1, 0.15) is 63.4 Å². The number of nitrogens with one attached hydrogen (secondary N) is 11. The van der Waals surface area contributed by atoms with Crippen LogP contribution in [0.25, 0.3) is 0 Å². The van der Waals surface area contributed by atoms with Gasteiger partial charge in [0, 0.05) is 120 Å². The summed E-state index contributed by atoms with van der Waals surface area (Å²) in [5, 5.41) is 45.8. The molecule has 0 aliphatic rings. The lowest BCUT2D eigenvalue weighted by Crippen LogP contribution is -2.21. The van der Waals surface area contributed by atoms with Crippen LogP contribution in [-0.4, -0.2) is 115 Å². The number of esters is 2. The number of urea groups is 4. The standard InChI is InChI=1S/C24H20ClF3N4O5.C23H19ClF3N5O5.C20H13ClF3N3O4.C19H14ClF3N4O2.C5H7ClO3.H3NO/c1-36-22(34)9-8-21(33)32-20-13-17(10-11-29-20)37-16-5-2-14(3-6-16)30-23(35)31-15-4-7-19(25)18(12-15)24(26,27)28;24-18-6-3-14(11-17(18)23(25,26)27)30-22(35)29-13-1-4-15(5-2-13)37-16-9-10-28-19(12-16)31-20(33)7-8-21(34)32-36;21-16-6-3-12(9-15(16)20(22,23)24)27-19(30)26-11-1-4-13(5-2-11)31-14-7-8-25-17(10-14)18(28)29;20-16-6-3-12(9-15(16)19(21,22)23)27-18(28)26-11-1-4-13(5-2-11)29-14-7-8-25-17(24)10-14;1-9-5(8)3-2-4(6)7;1-2/h2-7,10-13H,8-9H2,1H3,(H,29,32,33)(H2,30,31,35);1-6,9-12,36H,7-8H2,(H,32,34)(H,28,31,33)(H2,29,30,35);1-10H,(H,28,29)(H2,26,27,30);1-10H,(H2,24,25)(H2,26,27,28);2-3H2,1H3;2H,1H2. The molecule has 18 N–H and O–H groups in total. The van der Waals surface area contributed by atoms with E-state index in [2.05, 4.69) is 88.5 Å². The lowest BCUT2D eigenvalue weighted by molar-refractivity contribution is -0.142. The summed E-state index contributed by atoms with van der Waals surface area (Å²) in [6.45, 7) is 0. The number of benzene rings is 8. The number of carbonyl (C=O) groups is 11. The number of carboxylic acid groups (broad SMARTS) is 1. The van der Waals surface area contributed by atoms with Crippen molar-refractivity contribution in [3.63, 3.8) is 0 Å². The first kappa shape index (κ1) is 115. The van der Waals surface area contributed by atoms with Gasteiger partial charge in [0.2, 0.25) is 23.0 Å². The highest BCUT2D eigenvalue weighted by Gasteiger charge is 2.37. The molecule has 37 nitrogen and oxygen atoms in total. The van der Waals surface area contributed by atoms with E-state index < -0.39 is 132 Å². The molecule has 11 amide bonds. The predicted molar refractivity (Wildman–Crippen MR) is 507 cm³/mol. The van der Waals surface area contributed by atoms with Crippen LogP contribution in [0.15, 0.2) is 243 Å². The van der Waals surface area contributed by atoms with Crippen molar-refractivity contribution in [1.82, 2.24) is 25.4 Å². The van der Waals surface area contributed by atoms with Gasteiger partial charge in [-0.1, -0.05) is 46.4 Å². The third kappa shape index (κ3) is 41.3. The number of anilines is 11. The van der Waals surface area contributed by atoms with Crippen LogP contribution < -0.4 is 89.2 Å². The Bertz CT molecular complexity index is 6320. The number of halogens is 17. The molecular weight excluding hydrogens is 2060 g/mol. The number of aromatic nitrogens is 4. The van der Waals surface area contributed by atoms with Gasteiger partial charge in [-0.2, -0.15) is 52.7 Å². The molecule has 0 fully saturated rings. The number of nitrogens with zero attached hydrogens (tertiary/aromatic N) is 4. The fourth-order valence-electron chi connectivity index (χ4n) is 10.9. The van der Waals surface area contributed by atoms with Gasteiger partial charge in [0.25, 0.3) is 0 Å². The second-order valence-corrected chi connectivity index (χ2v) is 30.1. The first-order chi connectivity index (χ1) is 68.5. The smallest absolute Gasteiger partial charge is 0.417 e. The molecule has 0 bridgehead atoms. The molecule has 8 aromatic carbocycles.